The van der Waals surface area contributed by atoms with Crippen LogP contribution in [0.1, 0.15) is 98.9 Å². The molecule has 0 amide bonds. The van der Waals surface area contributed by atoms with E-state index in [9.17, 15) is 0 Å². The summed E-state index contributed by atoms with van der Waals surface area (Å²) in [5.74, 6) is 2.18. The van der Waals surface area contributed by atoms with Gasteiger partial charge in [0.15, 0.2) is 0 Å². The Balaban J connectivity index is 0.000000254. The van der Waals surface area contributed by atoms with Crippen LogP contribution in [0.2, 0.25) is 0 Å². The Labute approximate surface area is 238 Å². The summed E-state index contributed by atoms with van der Waals surface area (Å²) in [6.07, 6.45) is 8.95. The molecule has 0 radical (unpaired) electrons. The molecule has 2 heterocycles. The molecule has 0 saturated heterocycles. The molecule has 0 spiro atoms. The standard InChI is InChI=1S/2C10H14.C8H12O.C8H12S/c1-3-9-5-7-10(4-2)8-6-9;1-3-9-6-5-7-10(4-2)8-9;2*1-3-7-5-6-8(4-2)9-7/h2*5-8H,3-4H2,1-2H3;2*5-6H,3-4H2,1-2H3. The lowest BCUT2D eigenvalue weighted by molar-refractivity contribution is 0.474. The average Bonchev–Trinajstić information content (AvgIpc) is 3.67. The molecule has 0 saturated carbocycles. The maximum Gasteiger partial charge on any atom is 0.103 e. The molecule has 0 aliphatic carbocycles. The van der Waals surface area contributed by atoms with Crippen LogP contribution in [-0.4, -0.2) is 0 Å². The lowest BCUT2D eigenvalue weighted by Crippen LogP contribution is -1.83. The molecule has 1 nitrogen and oxygen atoms in total. The molecule has 0 bridgehead atoms. The first-order valence-electron chi connectivity index (χ1n) is 14.8. The van der Waals surface area contributed by atoms with Crippen molar-refractivity contribution in [2.75, 3.05) is 0 Å². The lowest BCUT2D eigenvalue weighted by atomic mass is 10.1. The molecule has 2 aromatic carbocycles. The van der Waals surface area contributed by atoms with E-state index in [2.05, 4.69) is 116 Å². The molecule has 0 fully saturated rings. The Kier molecular flexibility index (Phi) is 17.9. The summed E-state index contributed by atoms with van der Waals surface area (Å²) in [7, 11) is 0. The van der Waals surface area contributed by atoms with Crippen molar-refractivity contribution in [2.24, 2.45) is 0 Å². The molecule has 0 atom stereocenters. The number of hydrogen-bond acceptors (Lipinski definition) is 2. The van der Waals surface area contributed by atoms with Gasteiger partial charge in [-0.05, 0) is 85.0 Å². The van der Waals surface area contributed by atoms with E-state index in [0.717, 1.165) is 50.0 Å². The molecule has 38 heavy (non-hydrogen) atoms. The number of aryl methyl sites for hydroxylation is 8. The van der Waals surface area contributed by atoms with Crippen LogP contribution in [0.3, 0.4) is 0 Å². The quantitative estimate of drug-likeness (QED) is 0.220. The molecule has 2 heteroatoms. The highest BCUT2D eigenvalue weighted by molar-refractivity contribution is 7.11. The van der Waals surface area contributed by atoms with Crippen LogP contribution in [0.4, 0.5) is 0 Å². The van der Waals surface area contributed by atoms with Gasteiger partial charge in [-0.25, -0.2) is 0 Å². The monoisotopic (exact) mass is 532 g/mol. The molecule has 0 aliphatic heterocycles. The molecule has 4 rings (SSSR count). The van der Waals surface area contributed by atoms with Crippen LogP contribution < -0.4 is 0 Å². The summed E-state index contributed by atoms with van der Waals surface area (Å²) in [5.41, 5.74) is 5.74. The highest BCUT2D eigenvalue weighted by atomic mass is 32.1. The highest BCUT2D eigenvalue weighted by Gasteiger charge is 1.95. The van der Waals surface area contributed by atoms with Gasteiger partial charge >= 0.3 is 0 Å². The number of rotatable bonds is 8. The van der Waals surface area contributed by atoms with Gasteiger partial charge in [-0.2, -0.15) is 0 Å². The largest absolute Gasteiger partial charge is 0.466 e. The van der Waals surface area contributed by atoms with Gasteiger partial charge in [0.05, 0.1) is 0 Å². The van der Waals surface area contributed by atoms with E-state index in [1.54, 1.807) is 0 Å². The first-order valence-corrected chi connectivity index (χ1v) is 15.6. The summed E-state index contributed by atoms with van der Waals surface area (Å²) < 4.78 is 5.38. The summed E-state index contributed by atoms with van der Waals surface area (Å²) in [6.45, 7) is 17.3. The third-order valence-electron chi connectivity index (χ3n) is 6.48. The molecule has 0 N–H and O–H groups in total. The molecule has 0 unspecified atom stereocenters. The predicted molar refractivity (Wildman–Crippen MR) is 171 cm³/mol. The van der Waals surface area contributed by atoms with E-state index in [0.29, 0.717) is 0 Å². The molecule has 2 aromatic heterocycles. The third kappa shape index (κ3) is 13.3. The summed E-state index contributed by atoms with van der Waals surface area (Å²) >= 11 is 1.93. The number of thiophene rings is 1. The fraction of sp³-hybridized carbons (Fsp3) is 0.444. The van der Waals surface area contributed by atoms with Gasteiger partial charge in [0.2, 0.25) is 0 Å². The van der Waals surface area contributed by atoms with E-state index in [-0.39, 0.29) is 0 Å². The molecule has 208 valence electrons. The lowest BCUT2D eigenvalue weighted by Gasteiger charge is -1.98. The Hall–Kier alpha value is -2.58. The predicted octanol–water partition coefficient (Wildman–Crippen LogP) is 10.9. The Morgan fingerprint density at radius 2 is 0.816 bits per heavy atom. The molecular weight excluding hydrogens is 480 g/mol. The molecule has 0 aliphatic rings. The molecular formula is C36H52OS. The van der Waals surface area contributed by atoms with Crippen molar-refractivity contribution < 1.29 is 4.42 Å². The minimum Gasteiger partial charge on any atom is -0.466 e. The van der Waals surface area contributed by atoms with Crippen molar-refractivity contribution in [3.05, 3.63) is 116 Å². The van der Waals surface area contributed by atoms with Gasteiger partial charge < -0.3 is 4.42 Å². The van der Waals surface area contributed by atoms with Gasteiger partial charge in [0, 0.05) is 22.6 Å². The van der Waals surface area contributed by atoms with E-state index >= 15 is 0 Å². The van der Waals surface area contributed by atoms with Crippen molar-refractivity contribution in [3.8, 4) is 0 Å². The van der Waals surface area contributed by atoms with Gasteiger partial charge in [-0.3, -0.25) is 0 Å². The second-order valence-corrected chi connectivity index (χ2v) is 10.5. The number of furan rings is 1. The smallest absolute Gasteiger partial charge is 0.103 e. The van der Waals surface area contributed by atoms with Gasteiger partial charge in [0.25, 0.3) is 0 Å². The second-order valence-electron chi connectivity index (χ2n) is 9.20. The highest BCUT2D eigenvalue weighted by Crippen LogP contribution is 2.16. The minimum absolute atomic E-state index is 1.00. The van der Waals surface area contributed by atoms with Gasteiger partial charge in [-0.1, -0.05) is 104 Å². The first kappa shape index (κ1) is 33.4. The maximum absolute atomic E-state index is 5.38. The fourth-order valence-corrected chi connectivity index (χ4v) is 4.58. The van der Waals surface area contributed by atoms with Crippen LogP contribution in [0.25, 0.3) is 0 Å². The van der Waals surface area contributed by atoms with Crippen molar-refractivity contribution in [1.29, 1.82) is 0 Å². The zero-order valence-electron chi connectivity index (χ0n) is 25.4. The van der Waals surface area contributed by atoms with Gasteiger partial charge in [-0.15, -0.1) is 11.3 Å². The average molecular weight is 533 g/mol. The fourth-order valence-electron chi connectivity index (χ4n) is 3.68. The van der Waals surface area contributed by atoms with Crippen LogP contribution in [0.5, 0.6) is 0 Å². The maximum atomic E-state index is 5.38. The Morgan fingerprint density at radius 1 is 0.421 bits per heavy atom. The minimum atomic E-state index is 1.00. The van der Waals surface area contributed by atoms with E-state index < -0.39 is 0 Å². The topological polar surface area (TPSA) is 13.1 Å². The van der Waals surface area contributed by atoms with Crippen molar-refractivity contribution in [2.45, 2.75) is 107 Å². The van der Waals surface area contributed by atoms with Crippen LogP contribution in [0.15, 0.2) is 77.2 Å². The summed E-state index contributed by atoms with van der Waals surface area (Å²) in [4.78, 5) is 3.01. The van der Waals surface area contributed by atoms with Crippen LogP contribution >= 0.6 is 11.3 Å². The van der Waals surface area contributed by atoms with Crippen molar-refractivity contribution in [3.63, 3.8) is 0 Å². The van der Waals surface area contributed by atoms with E-state index in [1.165, 1.54) is 44.8 Å². The number of benzene rings is 2. The van der Waals surface area contributed by atoms with E-state index in [4.69, 9.17) is 4.42 Å². The Bertz CT molecular complexity index is 979. The van der Waals surface area contributed by atoms with E-state index in [1.807, 2.05) is 23.5 Å². The summed E-state index contributed by atoms with van der Waals surface area (Å²) in [5, 5.41) is 0. The second kappa shape index (κ2) is 20.4. The van der Waals surface area contributed by atoms with Crippen molar-refractivity contribution in [1.82, 2.24) is 0 Å². The number of hydrogen-bond donors (Lipinski definition) is 0. The van der Waals surface area contributed by atoms with Crippen LogP contribution in [0, 0.1) is 0 Å². The zero-order valence-corrected chi connectivity index (χ0v) is 26.2. The summed E-state index contributed by atoms with van der Waals surface area (Å²) in [6, 6.07) is 26.1. The normalized spacial score (nSPS) is 9.89. The van der Waals surface area contributed by atoms with Crippen molar-refractivity contribution >= 4 is 11.3 Å². The van der Waals surface area contributed by atoms with Crippen LogP contribution in [-0.2, 0) is 51.4 Å². The SMILES string of the molecule is CCc1ccc(CC)cc1.CCc1ccc(CC)o1.CCc1ccc(CC)s1.CCc1cccc(CC)c1. The Morgan fingerprint density at radius 3 is 1.08 bits per heavy atom. The third-order valence-corrected chi connectivity index (χ3v) is 7.85. The first-order chi connectivity index (χ1) is 18.5. The van der Waals surface area contributed by atoms with Gasteiger partial charge in [0.1, 0.15) is 11.5 Å². The molecule has 4 aromatic rings. The zero-order chi connectivity index (χ0) is 28.2.